The maximum absolute atomic E-state index is 5.78. The highest BCUT2D eigenvalue weighted by Gasteiger charge is 2.12. The number of hydrogen-bond acceptors (Lipinski definition) is 1. The van der Waals surface area contributed by atoms with Crippen LogP contribution in [0.1, 0.15) is 36.8 Å². The highest BCUT2D eigenvalue weighted by Crippen LogP contribution is 2.27. The predicted octanol–water partition coefficient (Wildman–Crippen LogP) is 4.09. The Morgan fingerprint density at radius 3 is 2.92 bits per heavy atom. The van der Waals surface area contributed by atoms with Gasteiger partial charge in [-0.15, -0.1) is 18.2 Å². The van der Waals surface area contributed by atoms with E-state index in [9.17, 15) is 0 Å². The second-order valence-electron chi connectivity index (χ2n) is 3.12. The van der Waals surface area contributed by atoms with Gasteiger partial charge >= 0.3 is 0 Å². The molecule has 0 saturated carbocycles. The van der Waals surface area contributed by atoms with Crippen LogP contribution in [0.4, 0.5) is 0 Å². The lowest BCUT2D eigenvalue weighted by molar-refractivity contribution is 0.559. The van der Waals surface area contributed by atoms with Crippen molar-refractivity contribution in [1.29, 1.82) is 0 Å². The summed E-state index contributed by atoms with van der Waals surface area (Å²) in [5.41, 5.74) is 2.27. The fourth-order valence-electron chi connectivity index (χ4n) is 1.48. The van der Waals surface area contributed by atoms with Crippen LogP contribution >= 0.6 is 11.6 Å². The first-order valence-electron chi connectivity index (χ1n) is 4.57. The standard InChI is InChI=1S/C11H15ClO/c1-3-5-9(4-2)11-8-13-7-10(11)6-12/h4,7-9H,2-3,5-6H2,1H3. The van der Waals surface area contributed by atoms with Crippen LogP contribution < -0.4 is 0 Å². The van der Waals surface area contributed by atoms with Crippen molar-refractivity contribution in [3.63, 3.8) is 0 Å². The van der Waals surface area contributed by atoms with Crippen molar-refractivity contribution in [3.05, 3.63) is 36.3 Å². The molecular weight excluding hydrogens is 184 g/mol. The lowest BCUT2D eigenvalue weighted by Gasteiger charge is -2.09. The Balaban J connectivity index is 2.83. The molecule has 13 heavy (non-hydrogen) atoms. The summed E-state index contributed by atoms with van der Waals surface area (Å²) in [6.07, 6.45) is 7.70. The molecular formula is C11H15ClO. The number of halogens is 1. The summed E-state index contributed by atoms with van der Waals surface area (Å²) in [7, 11) is 0. The minimum Gasteiger partial charge on any atom is -0.472 e. The van der Waals surface area contributed by atoms with E-state index in [1.165, 1.54) is 5.56 Å². The molecule has 0 saturated heterocycles. The molecule has 0 fully saturated rings. The third kappa shape index (κ3) is 2.38. The smallest absolute Gasteiger partial charge is 0.0949 e. The topological polar surface area (TPSA) is 13.1 Å². The van der Waals surface area contributed by atoms with E-state index in [2.05, 4.69) is 13.5 Å². The minimum atomic E-state index is 0.387. The molecule has 1 aromatic rings. The summed E-state index contributed by atoms with van der Waals surface area (Å²) in [6.45, 7) is 5.99. The van der Waals surface area contributed by atoms with Crippen molar-refractivity contribution in [3.8, 4) is 0 Å². The van der Waals surface area contributed by atoms with Crippen LogP contribution in [0.2, 0.25) is 0 Å². The van der Waals surface area contributed by atoms with Gasteiger partial charge in [0.2, 0.25) is 0 Å². The van der Waals surface area contributed by atoms with E-state index in [0.29, 0.717) is 11.8 Å². The molecule has 0 bridgehead atoms. The summed E-state index contributed by atoms with van der Waals surface area (Å²) in [5.74, 6) is 0.900. The van der Waals surface area contributed by atoms with Crippen LogP contribution in [0.15, 0.2) is 29.6 Å². The lowest BCUT2D eigenvalue weighted by Crippen LogP contribution is -1.95. The van der Waals surface area contributed by atoms with Crippen LogP contribution in [-0.2, 0) is 5.88 Å². The average Bonchev–Trinajstić information content (AvgIpc) is 2.61. The van der Waals surface area contributed by atoms with Gasteiger partial charge in [0.05, 0.1) is 18.4 Å². The van der Waals surface area contributed by atoms with E-state index in [0.717, 1.165) is 18.4 Å². The number of allylic oxidation sites excluding steroid dienone is 1. The third-order valence-corrected chi connectivity index (χ3v) is 2.49. The fourth-order valence-corrected chi connectivity index (χ4v) is 1.70. The van der Waals surface area contributed by atoms with Gasteiger partial charge in [0.25, 0.3) is 0 Å². The molecule has 1 rings (SSSR count). The third-order valence-electron chi connectivity index (χ3n) is 2.20. The Morgan fingerprint density at radius 2 is 2.38 bits per heavy atom. The summed E-state index contributed by atoms with van der Waals surface area (Å²) >= 11 is 5.78. The number of alkyl halides is 1. The average molecular weight is 199 g/mol. The summed E-state index contributed by atoms with van der Waals surface area (Å²) in [6, 6.07) is 0. The minimum absolute atomic E-state index is 0.387. The van der Waals surface area contributed by atoms with E-state index in [4.69, 9.17) is 16.0 Å². The second kappa shape index (κ2) is 5.13. The Labute approximate surface area is 84.4 Å². The number of hydrogen-bond donors (Lipinski definition) is 0. The molecule has 1 aromatic heterocycles. The Hall–Kier alpha value is -0.690. The van der Waals surface area contributed by atoms with Gasteiger partial charge in [0.15, 0.2) is 0 Å². The Bertz CT molecular complexity index is 265. The van der Waals surface area contributed by atoms with E-state index in [-0.39, 0.29) is 0 Å². The van der Waals surface area contributed by atoms with E-state index in [1.54, 1.807) is 12.5 Å². The lowest BCUT2D eigenvalue weighted by atomic mass is 9.94. The molecule has 2 heteroatoms. The van der Waals surface area contributed by atoms with Gasteiger partial charge in [-0.25, -0.2) is 0 Å². The summed E-state index contributed by atoms with van der Waals surface area (Å²) < 4.78 is 5.13. The largest absolute Gasteiger partial charge is 0.472 e. The highest BCUT2D eigenvalue weighted by atomic mass is 35.5. The molecule has 1 nitrogen and oxygen atoms in total. The first-order chi connectivity index (χ1) is 6.33. The molecule has 1 unspecified atom stereocenters. The Morgan fingerprint density at radius 1 is 1.62 bits per heavy atom. The molecule has 0 aromatic carbocycles. The maximum Gasteiger partial charge on any atom is 0.0949 e. The zero-order valence-electron chi connectivity index (χ0n) is 7.92. The van der Waals surface area contributed by atoms with Gasteiger partial charge < -0.3 is 4.42 Å². The van der Waals surface area contributed by atoms with Crippen molar-refractivity contribution in [2.75, 3.05) is 0 Å². The molecule has 72 valence electrons. The van der Waals surface area contributed by atoms with Crippen molar-refractivity contribution >= 4 is 11.6 Å². The van der Waals surface area contributed by atoms with Gasteiger partial charge in [-0.05, 0) is 6.42 Å². The van der Waals surface area contributed by atoms with Crippen molar-refractivity contribution in [2.24, 2.45) is 0 Å². The SMILES string of the molecule is C=CC(CCC)c1cocc1CCl. The van der Waals surface area contributed by atoms with E-state index in [1.807, 2.05) is 6.08 Å². The zero-order valence-corrected chi connectivity index (χ0v) is 8.68. The zero-order chi connectivity index (χ0) is 9.68. The number of furan rings is 1. The molecule has 0 aliphatic rings. The monoisotopic (exact) mass is 198 g/mol. The summed E-state index contributed by atoms with van der Waals surface area (Å²) in [4.78, 5) is 0. The molecule has 1 atom stereocenters. The van der Waals surface area contributed by atoms with Gasteiger partial charge in [0.1, 0.15) is 0 Å². The molecule has 0 aliphatic heterocycles. The van der Waals surface area contributed by atoms with Crippen LogP contribution in [0.25, 0.3) is 0 Å². The highest BCUT2D eigenvalue weighted by molar-refractivity contribution is 6.17. The van der Waals surface area contributed by atoms with Gasteiger partial charge in [-0.2, -0.15) is 0 Å². The summed E-state index contributed by atoms with van der Waals surface area (Å²) in [5, 5.41) is 0. The van der Waals surface area contributed by atoms with E-state index < -0.39 is 0 Å². The van der Waals surface area contributed by atoms with Crippen LogP contribution in [0, 0.1) is 0 Å². The molecule has 0 aliphatic carbocycles. The second-order valence-corrected chi connectivity index (χ2v) is 3.38. The molecule has 1 heterocycles. The van der Waals surface area contributed by atoms with Gasteiger partial charge in [-0.1, -0.05) is 19.4 Å². The normalized spacial score (nSPS) is 12.8. The predicted molar refractivity (Wildman–Crippen MR) is 56.1 cm³/mol. The van der Waals surface area contributed by atoms with Crippen LogP contribution in [0.5, 0.6) is 0 Å². The van der Waals surface area contributed by atoms with Crippen molar-refractivity contribution in [1.82, 2.24) is 0 Å². The number of rotatable bonds is 5. The fraction of sp³-hybridized carbons (Fsp3) is 0.455. The van der Waals surface area contributed by atoms with Crippen molar-refractivity contribution in [2.45, 2.75) is 31.6 Å². The van der Waals surface area contributed by atoms with Gasteiger partial charge in [-0.3, -0.25) is 0 Å². The Kier molecular flexibility index (Phi) is 4.10. The van der Waals surface area contributed by atoms with E-state index >= 15 is 0 Å². The molecule has 0 spiro atoms. The van der Waals surface area contributed by atoms with Crippen LogP contribution in [-0.4, -0.2) is 0 Å². The van der Waals surface area contributed by atoms with Gasteiger partial charge in [0, 0.05) is 17.0 Å². The first kappa shape index (κ1) is 10.4. The quantitative estimate of drug-likeness (QED) is 0.513. The van der Waals surface area contributed by atoms with Crippen LogP contribution in [0.3, 0.4) is 0 Å². The molecule has 0 radical (unpaired) electrons. The molecule has 0 amide bonds. The maximum atomic E-state index is 5.78. The molecule has 0 N–H and O–H groups in total. The van der Waals surface area contributed by atoms with Crippen molar-refractivity contribution < 1.29 is 4.42 Å². The first-order valence-corrected chi connectivity index (χ1v) is 5.10.